The normalized spacial score (nSPS) is 14.0. The zero-order valence-electron chi connectivity index (χ0n) is 13.1. The Labute approximate surface area is 150 Å². The van der Waals surface area contributed by atoms with E-state index in [1.807, 2.05) is 0 Å². The van der Waals surface area contributed by atoms with Gasteiger partial charge >= 0.3 is 0 Å². The van der Waals surface area contributed by atoms with Gasteiger partial charge in [-0.2, -0.15) is 0 Å². The molecule has 0 aliphatic carbocycles. The highest BCUT2D eigenvalue weighted by molar-refractivity contribution is 7.89. The van der Waals surface area contributed by atoms with E-state index < -0.39 is 21.8 Å². The fourth-order valence-electron chi connectivity index (χ4n) is 2.52. The maximum atomic E-state index is 12.2. The molecule has 0 spiro atoms. The first kappa shape index (κ1) is 17.6. The van der Waals surface area contributed by atoms with Gasteiger partial charge in [0, 0.05) is 18.1 Å². The molecule has 0 bridgehead atoms. The first-order valence-electron chi connectivity index (χ1n) is 7.54. The number of hydrogen-bond acceptors (Lipinski definition) is 4. The molecule has 25 heavy (non-hydrogen) atoms. The topological polar surface area (TPSA) is 83.6 Å². The van der Waals surface area contributed by atoms with E-state index in [-0.39, 0.29) is 18.8 Å². The number of carbonyl (C=O) groups excluding carboxylic acids is 2. The summed E-state index contributed by atoms with van der Waals surface area (Å²) in [5, 5.41) is 0.567. The highest BCUT2D eigenvalue weighted by atomic mass is 35.5. The zero-order chi connectivity index (χ0) is 18.0. The molecule has 2 aromatic carbocycles. The highest BCUT2D eigenvalue weighted by Gasteiger charge is 2.35. The summed E-state index contributed by atoms with van der Waals surface area (Å²) in [6.07, 6.45) is 0. The molecule has 8 heteroatoms. The molecule has 1 aliphatic rings. The van der Waals surface area contributed by atoms with Crippen molar-refractivity contribution in [3.05, 3.63) is 70.2 Å². The van der Waals surface area contributed by atoms with Crippen molar-refractivity contribution in [1.29, 1.82) is 0 Å². The second-order valence-corrected chi connectivity index (χ2v) is 7.94. The Balaban J connectivity index is 1.60. The van der Waals surface area contributed by atoms with E-state index in [1.54, 1.807) is 48.5 Å². The highest BCUT2D eigenvalue weighted by Crippen LogP contribution is 2.22. The Kier molecular flexibility index (Phi) is 4.89. The predicted molar refractivity (Wildman–Crippen MR) is 93.9 cm³/mol. The Hall–Kier alpha value is -2.22. The van der Waals surface area contributed by atoms with Gasteiger partial charge in [-0.05, 0) is 29.8 Å². The number of carbonyl (C=O) groups is 2. The van der Waals surface area contributed by atoms with Crippen LogP contribution in [0.2, 0.25) is 5.02 Å². The smallest absolute Gasteiger partial charge is 0.261 e. The van der Waals surface area contributed by atoms with Crippen molar-refractivity contribution in [2.24, 2.45) is 0 Å². The molecule has 1 N–H and O–H groups in total. The average Bonchev–Trinajstić information content (AvgIpc) is 2.84. The number of imide groups is 1. The van der Waals surface area contributed by atoms with Crippen LogP contribution in [0.25, 0.3) is 0 Å². The second kappa shape index (κ2) is 6.95. The predicted octanol–water partition coefficient (Wildman–Crippen LogP) is 2.06. The van der Waals surface area contributed by atoms with Crippen molar-refractivity contribution in [3.8, 4) is 0 Å². The Bertz CT molecular complexity index is 891. The molecule has 0 saturated heterocycles. The molecule has 1 aliphatic heterocycles. The molecule has 3 rings (SSSR count). The van der Waals surface area contributed by atoms with E-state index in [2.05, 4.69) is 4.72 Å². The summed E-state index contributed by atoms with van der Waals surface area (Å²) < 4.78 is 26.7. The molecule has 0 atom stereocenters. The molecular weight excluding hydrogens is 364 g/mol. The van der Waals surface area contributed by atoms with Gasteiger partial charge in [0.05, 0.1) is 16.9 Å². The van der Waals surface area contributed by atoms with Crippen molar-refractivity contribution in [1.82, 2.24) is 9.62 Å². The van der Waals surface area contributed by atoms with Crippen molar-refractivity contribution in [3.63, 3.8) is 0 Å². The van der Waals surface area contributed by atoms with Crippen molar-refractivity contribution < 1.29 is 18.0 Å². The van der Waals surface area contributed by atoms with E-state index in [9.17, 15) is 18.0 Å². The second-order valence-electron chi connectivity index (χ2n) is 5.57. The minimum absolute atomic E-state index is 0.113. The van der Waals surface area contributed by atoms with Gasteiger partial charge in [-0.25, -0.2) is 13.1 Å². The Morgan fingerprint density at radius 1 is 0.920 bits per heavy atom. The molecule has 6 nitrogen and oxygen atoms in total. The molecule has 130 valence electrons. The lowest BCUT2D eigenvalue weighted by atomic mass is 10.1. The van der Waals surface area contributed by atoms with Crippen LogP contribution in [-0.2, 0) is 16.6 Å². The van der Waals surface area contributed by atoms with Crippen LogP contribution in [0.5, 0.6) is 0 Å². The molecule has 0 radical (unpaired) electrons. The molecule has 0 aromatic heterocycles. The quantitative estimate of drug-likeness (QED) is 0.780. The SMILES string of the molecule is O=C1c2ccccc2C(=O)N1CCS(=O)(=O)NCc1ccc(Cl)cc1. The fraction of sp³-hybridized carbons (Fsp3) is 0.176. The Morgan fingerprint density at radius 2 is 1.48 bits per heavy atom. The van der Waals surface area contributed by atoms with E-state index in [0.29, 0.717) is 16.1 Å². The molecular formula is C17H15ClN2O4S. The maximum Gasteiger partial charge on any atom is 0.261 e. The van der Waals surface area contributed by atoms with Gasteiger partial charge in [0.2, 0.25) is 10.0 Å². The van der Waals surface area contributed by atoms with Crippen LogP contribution in [0.4, 0.5) is 0 Å². The van der Waals surface area contributed by atoms with Crippen molar-refractivity contribution >= 4 is 33.4 Å². The fourth-order valence-corrected chi connectivity index (χ4v) is 3.60. The third-order valence-electron chi connectivity index (χ3n) is 3.87. The van der Waals surface area contributed by atoms with E-state index in [0.717, 1.165) is 10.5 Å². The summed E-state index contributed by atoms with van der Waals surface area (Å²) in [6.45, 7) is -0.0794. The monoisotopic (exact) mass is 378 g/mol. The summed E-state index contributed by atoms with van der Waals surface area (Å²) in [5.41, 5.74) is 1.37. The zero-order valence-corrected chi connectivity index (χ0v) is 14.7. The third-order valence-corrected chi connectivity index (χ3v) is 5.43. The first-order valence-corrected chi connectivity index (χ1v) is 9.57. The minimum Gasteiger partial charge on any atom is -0.273 e. The van der Waals surface area contributed by atoms with Gasteiger partial charge < -0.3 is 0 Å². The number of hydrogen-bond donors (Lipinski definition) is 1. The molecule has 0 fully saturated rings. The number of halogens is 1. The van der Waals surface area contributed by atoms with Crippen LogP contribution < -0.4 is 4.72 Å². The number of nitrogens with one attached hydrogen (secondary N) is 1. The van der Waals surface area contributed by atoms with Crippen LogP contribution in [0, 0.1) is 0 Å². The summed E-state index contributed by atoms with van der Waals surface area (Å²) in [4.78, 5) is 25.4. The summed E-state index contributed by atoms with van der Waals surface area (Å²) in [5.74, 6) is -1.28. The lowest BCUT2D eigenvalue weighted by Crippen LogP contribution is -2.37. The van der Waals surface area contributed by atoms with E-state index in [4.69, 9.17) is 11.6 Å². The van der Waals surface area contributed by atoms with Gasteiger partial charge in [-0.15, -0.1) is 0 Å². The number of nitrogens with zero attached hydrogens (tertiary/aromatic N) is 1. The minimum atomic E-state index is -3.64. The molecule has 2 aromatic rings. The molecule has 2 amide bonds. The van der Waals surface area contributed by atoms with Crippen LogP contribution in [-0.4, -0.2) is 37.4 Å². The summed E-state index contributed by atoms with van der Waals surface area (Å²) >= 11 is 5.78. The molecule has 1 heterocycles. The van der Waals surface area contributed by atoms with Gasteiger partial charge in [-0.3, -0.25) is 14.5 Å². The van der Waals surface area contributed by atoms with Gasteiger partial charge in [0.1, 0.15) is 0 Å². The standard InChI is InChI=1S/C17H15ClN2O4S/c18-13-7-5-12(6-8-13)11-19-25(23,24)10-9-20-16(21)14-3-1-2-4-15(14)17(20)22/h1-8,19H,9-11H2. The summed E-state index contributed by atoms with van der Waals surface area (Å²) in [7, 11) is -3.64. The average molecular weight is 379 g/mol. The van der Waals surface area contributed by atoms with Crippen molar-refractivity contribution in [2.45, 2.75) is 6.54 Å². The number of rotatable bonds is 6. The largest absolute Gasteiger partial charge is 0.273 e. The molecule has 0 saturated carbocycles. The van der Waals surface area contributed by atoms with Crippen molar-refractivity contribution in [2.75, 3.05) is 12.3 Å². The summed E-state index contributed by atoms with van der Waals surface area (Å²) in [6, 6.07) is 13.2. The lowest BCUT2D eigenvalue weighted by molar-refractivity contribution is 0.0664. The van der Waals surface area contributed by atoms with Gasteiger partial charge in [0.15, 0.2) is 0 Å². The molecule has 0 unspecified atom stereocenters. The van der Waals surface area contributed by atoms with Crippen LogP contribution >= 0.6 is 11.6 Å². The van der Waals surface area contributed by atoms with E-state index >= 15 is 0 Å². The third kappa shape index (κ3) is 3.89. The number of sulfonamides is 1. The van der Waals surface area contributed by atoms with Crippen LogP contribution in [0.3, 0.4) is 0 Å². The Morgan fingerprint density at radius 3 is 2.04 bits per heavy atom. The van der Waals surface area contributed by atoms with E-state index in [1.165, 1.54) is 0 Å². The number of fused-ring (bicyclic) bond motifs is 1. The lowest BCUT2D eigenvalue weighted by Gasteiger charge is -2.14. The van der Waals surface area contributed by atoms with Crippen LogP contribution in [0.15, 0.2) is 48.5 Å². The number of amides is 2. The maximum absolute atomic E-state index is 12.2. The van der Waals surface area contributed by atoms with Crippen LogP contribution in [0.1, 0.15) is 26.3 Å². The van der Waals surface area contributed by atoms with Gasteiger partial charge in [-0.1, -0.05) is 35.9 Å². The van der Waals surface area contributed by atoms with Gasteiger partial charge in [0.25, 0.3) is 11.8 Å². The first-order chi connectivity index (χ1) is 11.9. The number of benzene rings is 2.